The number of hydrogen-bond acceptors (Lipinski definition) is 3. The molecule has 1 aromatic heterocycles. The lowest BCUT2D eigenvalue weighted by Crippen LogP contribution is -2.23. The van der Waals surface area contributed by atoms with Crippen LogP contribution < -0.4 is 5.32 Å². The molecule has 2 rings (SSSR count). The molecule has 1 aromatic carbocycles. The third kappa shape index (κ3) is 3.99. The van der Waals surface area contributed by atoms with E-state index < -0.39 is 0 Å². The van der Waals surface area contributed by atoms with E-state index in [4.69, 9.17) is 0 Å². The number of aromatic nitrogens is 1. The van der Waals surface area contributed by atoms with Gasteiger partial charge < -0.3 is 5.32 Å². The molecule has 3 nitrogen and oxygen atoms in total. The number of amides is 1. The Hall–Kier alpha value is -2.01. The number of halogens is 1. The van der Waals surface area contributed by atoms with Crippen molar-refractivity contribution >= 4 is 23.3 Å². The number of hydrogen-bond donors (Lipinski definition) is 1. The van der Waals surface area contributed by atoms with Crippen LogP contribution in [0, 0.1) is 5.82 Å². The van der Waals surface area contributed by atoms with Crippen molar-refractivity contribution < 1.29 is 9.18 Å². The van der Waals surface area contributed by atoms with Crippen LogP contribution in [-0.2, 0) is 11.3 Å². The summed E-state index contributed by atoms with van der Waals surface area (Å²) in [5, 5.41) is 5.51. The molecule has 19 heavy (non-hydrogen) atoms. The zero-order valence-corrected chi connectivity index (χ0v) is 11.2. The fourth-order valence-electron chi connectivity index (χ4n) is 1.51. The lowest BCUT2D eigenvalue weighted by molar-refractivity contribution is -0.117. The third-order valence-corrected chi connectivity index (χ3v) is 3.27. The van der Waals surface area contributed by atoms with Crippen LogP contribution in [-0.4, -0.2) is 10.9 Å². The lowest BCUT2D eigenvalue weighted by atomic mass is 10.1. The van der Waals surface area contributed by atoms with Crippen LogP contribution in [0.25, 0.3) is 6.08 Å². The first-order valence-electron chi connectivity index (χ1n) is 5.75. The maximum absolute atomic E-state index is 12.8. The second-order valence-electron chi connectivity index (χ2n) is 3.99. The first kappa shape index (κ1) is 13.4. The zero-order valence-electron chi connectivity index (χ0n) is 10.4. The SMILES string of the molecule is CC(=Cc1ccc(F)cc1)C(=O)NCc1nccs1. The van der Waals surface area contributed by atoms with Gasteiger partial charge in [0.1, 0.15) is 10.8 Å². The molecule has 1 heterocycles. The normalized spacial score (nSPS) is 11.4. The monoisotopic (exact) mass is 276 g/mol. The number of carbonyl (C=O) groups excluding carboxylic acids is 1. The van der Waals surface area contributed by atoms with Gasteiger partial charge in [-0.3, -0.25) is 4.79 Å². The topological polar surface area (TPSA) is 42.0 Å². The predicted octanol–water partition coefficient (Wildman–Crippen LogP) is 3.00. The van der Waals surface area contributed by atoms with Crippen LogP contribution in [0.15, 0.2) is 41.4 Å². The smallest absolute Gasteiger partial charge is 0.247 e. The Kier molecular flexibility index (Phi) is 4.41. The van der Waals surface area contributed by atoms with Gasteiger partial charge in [-0.05, 0) is 30.7 Å². The summed E-state index contributed by atoms with van der Waals surface area (Å²) in [6.07, 6.45) is 3.42. The average Bonchev–Trinajstić information content (AvgIpc) is 2.91. The summed E-state index contributed by atoms with van der Waals surface area (Å²) in [4.78, 5) is 15.9. The lowest BCUT2D eigenvalue weighted by Gasteiger charge is -2.03. The van der Waals surface area contributed by atoms with E-state index in [2.05, 4.69) is 10.3 Å². The minimum atomic E-state index is -0.289. The van der Waals surface area contributed by atoms with Crippen LogP contribution >= 0.6 is 11.3 Å². The van der Waals surface area contributed by atoms with Crippen molar-refractivity contribution in [1.29, 1.82) is 0 Å². The summed E-state index contributed by atoms with van der Waals surface area (Å²) < 4.78 is 12.8. The average molecular weight is 276 g/mol. The Bertz CT molecular complexity index is 576. The summed E-state index contributed by atoms with van der Waals surface area (Å²) >= 11 is 1.50. The second-order valence-corrected chi connectivity index (χ2v) is 4.97. The maximum atomic E-state index is 12.8. The molecule has 2 aromatic rings. The van der Waals surface area contributed by atoms with Gasteiger partial charge in [0.2, 0.25) is 5.91 Å². The molecule has 0 saturated heterocycles. The van der Waals surface area contributed by atoms with Crippen LogP contribution in [0.3, 0.4) is 0 Å². The van der Waals surface area contributed by atoms with Crippen molar-refractivity contribution in [2.75, 3.05) is 0 Å². The number of nitrogens with one attached hydrogen (secondary N) is 1. The molecule has 0 atom stereocenters. The van der Waals surface area contributed by atoms with Gasteiger partial charge in [-0.2, -0.15) is 0 Å². The molecular weight excluding hydrogens is 263 g/mol. The summed E-state index contributed by atoms with van der Waals surface area (Å²) in [5.41, 5.74) is 1.37. The Morgan fingerprint density at radius 1 is 1.42 bits per heavy atom. The summed E-state index contributed by atoms with van der Waals surface area (Å²) in [5.74, 6) is -0.442. The Balaban J connectivity index is 1.96. The third-order valence-electron chi connectivity index (χ3n) is 2.49. The van der Waals surface area contributed by atoms with Crippen LogP contribution in [0.2, 0.25) is 0 Å². The van der Waals surface area contributed by atoms with E-state index in [0.29, 0.717) is 12.1 Å². The Morgan fingerprint density at radius 2 is 2.16 bits per heavy atom. The number of benzene rings is 1. The maximum Gasteiger partial charge on any atom is 0.247 e. The Labute approximate surface area is 114 Å². The van der Waals surface area contributed by atoms with Crippen LogP contribution in [0.5, 0.6) is 0 Å². The number of nitrogens with zero attached hydrogens (tertiary/aromatic N) is 1. The van der Waals surface area contributed by atoms with Gasteiger partial charge in [0.05, 0.1) is 6.54 Å². The van der Waals surface area contributed by atoms with Gasteiger partial charge in [-0.15, -0.1) is 11.3 Å². The predicted molar refractivity (Wildman–Crippen MR) is 74.0 cm³/mol. The standard InChI is InChI=1S/C14H13FN2OS/c1-10(8-11-2-4-12(15)5-3-11)14(18)17-9-13-16-6-7-19-13/h2-8H,9H2,1H3,(H,17,18). The highest BCUT2D eigenvalue weighted by Crippen LogP contribution is 2.09. The molecule has 0 aliphatic carbocycles. The van der Waals surface area contributed by atoms with Gasteiger partial charge in [0.25, 0.3) is 0 Å². The highest BCUT2D eigenvalue weighted by Gasteiger charge is 2.05. The van der Waals surface area contributed by atoms with Crippen molar-refractivity contribution in [1.82, 2.24) is 10.3 Å². The number of rotatable bonds is 4. The van der Waals surface area contributed by atoms with E-state index in [0.717, 1.165) is 10.6 Å². The van der Waals surface area contributed by atoms with Crippen LogP contribution in [0.1, 0.15) is 17.5 Å². The molecule has 1 N–H and O–H groups in total. The van der Waals surface area contributed by atoms with E-state index in [1.54, 1.807) is 31.3 Å². The fraction of sp³-hybridized carbons (Fsp3) is 0.143. The first-order valence-corrected chi connectivity index (χ1v) is 6.63. The van der Waals surface area contributed by atoms with Crippen molar-refractivity contribution in [3.05, 3.63) is 57.8 Å². The molecule has 0 radical (unpaired) electrons. The van der Waals surface area contributed by atoms with Crippen molar-refractivity contribution in [3.8, 4) is 0 Å². The van der Waals surface area contributed by atoms with Crippen LogP contribution in [0.4, 0.5) is 4.39 Å². The number of thiazole rings is 1. The van der Waals surface area contributed by atoms with Crippen molar-refractivity contribution in [2.45, 2.75) is 13.5 Å². The molecule has 0 aliphatic heterocycles. The molecule has 0 fully saturated rings. The second kappa shape index (κ2) is 6.24. The van der Waals surface area contributed by atoms with E-state index >= 15 is 0 Å². The molecule has 0 bridgehead atoms. The summed E-state index contributed by atoms with van der Waals surface area (Å²) in [7, 11) is 0. The van der Waals surface area contributed by atoms with Gasteiger partial charge in [0.15, 0.2) is 0 Å². The molecule has 98 valence electrons. The fourth-order valence-corrected chi connectivity index (χ4v) is 2.07. The molecule has 0 spiro atoms. The minimum Gasteiger partial charge on any atom is -0.346 e. The van der Waals surface area contributed by atoms with E-state index in [9.17, 15) is 9.18 Å². The number of carbonyl (C=O) groups is 1. The molecule has 5 heteroatoms. The van der Waals surface area contributed by atoms with Crippen molar-refractivity contribution in [2.24, 2.45) is 0 Å². The van der Waals surface area contributed by atoms with E-state index in [1.807, 2.05) is 5.38 Å². The van der Waals surface area contributed by atoms with E-state index in [-0.39, 0.29) is 11.7 Å². The van der Waals surface area contributed by atoms with Gasteiger partial charge >= 0.3 is 0 Å². The highest BCUT2D eigenvalue weighted by molar-refractivity contribution is 7.09. The molecule has 0 unspecified atom stereocenters. The van der Waals surface area contributed by atoms with Gasteiger partial charge in [0, 0.05) is 17.2 Å². The largest absolute Gasteiger partial charge is 0.346 e. The molecular formula is C14H13FN2OS. The summed E-state index contributed by atoms with van der Waals surface area (Å²) in [6, 6.07) is 6.00. The van der Waals surface area contributed by atoms with Crippen molar-refractivity contribution in [3.63, 3.8) is 0 Å². The summed E-state index contributed by atoms with van der Waals surface area (Å²) in [6.45, 7) is 2.14. The Morgan fingerprint density at radius 3 is 2.79 bits per heavy atom. The highest BCUT2D eigenvalue weighted by atomic mass is 32.1. The van der Waals surface area contributed by atoms with E-state index in [1.165, 1.54) is 23.5 Å². The quantitative estimate of drug-likeness (QED) is 0.872. The van der Waals surface area contributed by atoms with Gasteiger partial charge in [-0.1, -0.05) is 12.1 Å². The zero-order chi connectivity index (χ0) is 13.7. The molecule has 0 saturated carbocycles. The molecule has 0 aliphatic rings. The molecule has 1 amide bonds. The minimum absolute atomic E-state index is 0.153. The van der Waals surface area contributed by atoms with Gasteiger partial charge in [-0.25, -0.2) is 9.37 Å². The first-order chi connectivity index (χ1) is 9.15.